The number of piperidine rings is 1. The molecule has 2 heterocycles. The summed E-state index contributed by atoms with van der Waals surface area (Å²) >= 11 is 0. The summed E-state index contributed by atoms with van der Waals surface area (Å²) in [4.78, 5) is 26.4. The molecule has 152 valence electrons. The average Bonchev–Trinajstić information content (AvgIpc) is 2.71. The minimum atomic E-state index is -0.650. The van der Waals surface area contributed by atoms with Crippen LogP contribution in [-0.4, -0.2) is 59.9 Å². The van der Waals surface area contributed by atoms with Gasteiger partial charge in [-0.1, -0.05) is 12.2 Å². The molecule has 0 spiro atoms. The first-order valence-corrected chi connectivity index (χ1v) is 9.60. The van der Waals surface area contributed by atoms with Gasteiger partial charge in [-0.15, -0.1) is 0 Å². The Labute approximate surface area is 163 Å². The first-order chi connectivity index (χ1) is 13.5. The number of amides is 3. The molecule has 3 atom stereocenters. The molecule has 2 aliphatic heterocycles. The Morgan fingerprint density at radius 1 is 1.14 bits per heavy atom. The number of carbonyl (C=O) groups excluding carboxylic acids is 2. The smallest absolute Gasteiger partial charge is 0.319 e. The van der Waals surface area contributed by atoms with E-state index >= 15 is 0 Å². The summed E-state index contributed by atoms with van der Waals surface area (Å²) in [5.41, 5.74) is 0.449. The number of carbonyl (C=O) groups is 2. The fourth-order valence-corrected chi connectivity index (χ4v) is 3.43. The monoisotopic (exact) mass is 391 g/mol. The third-order valence-corrected chi connectivity index (χ3v) is 4.95. The Kier molecular flexibility index (Phi) is 7.00. The van der Waals surface area contributed by atoms with E-state index < -0.39 is 24.3 Å². The van der Waals surface area contributed by atoms with Crippen molar-refractivity contribution in [2.75, 3.05) is 25.0 Å². The van der Waals surface area contributed by atoms with Crippen molar-refractivity contribution in [2.45, 2.75) is 43.9 Å². The second kappa shape index (κ2) is 9.66. The largest absolute Gasteiger partial charge is 0.394 e. The Balaban J connectivity index is 1.52. The molecule has 1 fully saturated rings. The number of halogens is 1. The first kappa shape index (κ1) is 20.3. The van der Waals surface area contributed by atoms with Gasteiger partial charge in [-0.05, 0) is 43.5 Å². The lowest BCUT2D eigenvalue weighted by molar-refractivity contribution is -0.136. The molecule has 1 saturated heterocycles. The zero-order valence-electron chi connectivity index (χ0n) is 15.6. The number of nitrogens with zero attached hydrogens (tertiary/aromatic N) is 1. The molecule has 2 aliphatic rings. The molecule has 1 aromatic carbocycles. The second-order valence-corrected chi connectivity index (χ2v) is 7.06. The van der Waals surface area contributed by atoms with Crippen LogP contribution in [0.5, 0.6) is 0 Å². The highest BCUT2D eigenvalue weighted by atomic mass is 19.1. The van der Waals surface area contributed by atoms with Crippen LogP contribution in [0.25, 0.3) is 0 Å². The number of urea groups is 1. The van der Waals surface area contributed by atoms with Gasteiger partial charge in [-0.3, -0.25) is 4.79 Å². The van der Waals surface area contributed by atoms with Crippen molar-refractivity contribution < 1.29 is 23.8 Å². The van der Waals surface area contributed by atoms with E-state index in [1.807, 2.05) is 4.90 Å². The van der Waals surface area contributed by atoms with Gasteiger partial charge in [0.05, 0.1) is 25.2 Å². The van der Waals surface area contributed by atoms with Gasteiger partial charge < -0.3 is 25.4 Å². The van der Waals surface area contributed by atoms with E-state index in [0.29, 0.717) is 5.69 Å². The van der Waals surface area contributed by atoms with Crippen molar-refractivity contribution in [2.24, 2.45) is 0 Å². The van der Waals surface area contributed by atoms with Crippen LogP contribution in [0.2, 0.25) is 0 Å². The van der Waals surface area contributed by atoms with Gasteiger partial charge >= 0.3 is 6.03 Å². The molecule has 28 heavy (non-hydrogen) atoms. The molecule has 0 saturated carbocycles. The van der Waals surface area contributed by atoms with Crippen molar-refractivity contribution >= 4 is 17.6 Å². The number of aliphatic hydroxyl groups is 1. The minimum absolute atomic E-state index is 0.0477. The summed E-state index contributed by atoms with van der Waals surface area (Å²) in [6.07, 6.45) is 5.85. The highest BCUT2D eigenvalue weighted by Gasteiger charge is 2.30. The standard InChI is InChI=1S/C20H26FN3O4/c21-14-4-6-15(7-5-14)22-20(27)23-17-9-8-16(28-18(17)13-25)12-19(26)24-10-2-1-3-11-24/h4-9,16-18,25H,1-3,10-13H2,(H2,22,23,27)/t16-,17+,18+/m1/s1. The van der Waals surface area contributed by atoms with Gasteiger partial charge in [0, 0.05) is 18.8 Å². The molecule has 7 nitrogen and oxygen atoms in total. The van der Waals surface area contributed by atoms with Crippen molar-refractivity contribution in [3.05, 3.63) is 42.2 Å². The van der Waals surface area contributed by atoms with Crippen LogP contribution in [0.1, 0.15) is 25.7 Å². The van der Waals surface area contributed by atoms with Crippen LogP contribution < -0.4 is 10.6 Å². The predicted octanol–water partition coefficient (Wildman–Crippen LogP) is 2.03. The number of aliphatic hydroxyl groups excluding tert-OH is 1. The summed E-state index contributed by atoms with van der Waals surface area (Å²) < 4.78 is 18.7. The number of hydrogen-bond acceptors (Lipinski definition) is 4. The Hall–Kier alpha value is -2.45. The van der Waals surface area contributed by atoms with E-state index in [0.717, 1.165) is 32.4 Å². The van der Waals surface area contributed by atoms with E-state index in [4.69, 9.17) is 4.74 Å². The number of benzene rings is 1. The molecular weight excluding hydrogens is 365 g/mol. The third kappa shape index (κ3) is 5.53. The van der Waals surface area contributed by atoms with Crippen molar-refractivity contribution in [1.82, 2.24) is 10.2 Å². The lowest BCUT2D eigenvalue weighted by Crippen LogP contribution is -2.50. The molecule has 1 aromatic rings. The van der Waals surface area contributed by atoms with Crippen LogP contribution in [0, 0.1) is 5.82 Å². The number of rotatable bonds is 5. The molecular formula is C20H26FN3O4. The van der Waals surface area contributed by atoms with Gasteiger partial charge in [0.2, 0.25) is 5.91 Å². The summed E-state index contributed by atoms with van der Waals surface area (Å²) in [6.45, 7) is 1.28. The number of ether oxygens (including phenoxy) is 1. The zero-order valence-corrected chi connectivity index (χ0v) is 15.6. The highest BCUT2D eigenvalue weighted by molar-refractivity contribution is 5.89. The lowest BCUT2D eigenvalue weighted by atomic mass is 10.0. The van der Waals surface area contributed by atoms with Crippen LogP contribution in [0.4, 0.5) is 14.9 Å². The lowest BCUT2D eigenvalue weighted by Gasteiger charge is -2.33. The highest BCUT2D eigenvalue weighted by Crippen LogP contribution is 2.18. The first-order valence-electron chi connectivity index (χ1n) is 9.60. The van der Waals surface area contributed by atoms with Gasteiger partial charge in [0.15, 0.2) is 0 Å². The van der Waals surface area contributed by atoms with E-state index in [1.165, 1.54) is 24.3 Å². The topological polar surface area (TPSA) is 90.9 Å². The molecule has 0 bridgehead atoms. The fourth-order valence-electron chi connectivity index (χ4n) is 3.43. The maximum atomic E-state index is 12.9. The summed E-state index contributed by atoms with van der Waals surface area (Å²) in [7, 11) is 0. The van der Waals surface area contributed by atoms with E-state index in [-0.39, 0.29) is 24.8 Å². The second-order valence-electron chi connectivity index (χ2n) is 7.06. The Morgan fingerprint density at radius 2 is 1.86 bits per heavy atom. The minimum Gasteiger partial charge on any atom is -0.394 e. The molecule has 0 radical (unpaired) electrons. The van der Waals surface area contributed by atoms with Gasteiger partial charge in [-0.2, -0.15) is 0 Å². The third-order valence-electron chi connectivity index (χ3n) is 4.95. The fraction of sp³-hybridized carbons (Fsp3) is 0.500. The molecule has 3 rings (SSSR count). The number of anilines is 1. The average molecular weight is 391 g/mol. The molecule has 0 unspecified atom stereocenters. The Morgan fingerprint density at radius 3 is 2.54 bits per heavy atom. The quantitative estimate of drug-likeness (QED) is 0.670. The maximum absolute atomic E-state index is 12.9. The van der Waals surface area contributed by atoms with Gasteiger partial charge in [-0.25, -0.2) is 9.18 Å². The predicted molar refractivity (Wildman–Crippen MR) is 102 cm³/mol. The normalized spacial score (nSPS) is 24.6. The van der Waals surface area contributed by atoms with E-state index in [2.05, 4.69) is 10.6 Å². The zero-order chi connectivity index (χ0) is 19.9. The van der Waals surface area contributed by atoms with Gasteiger partial charge in [0.25, 0.3) is 0 Å². The SMILES string of the molecule is O=C(Nc1ccc(F)cc1)N[C@H]1C=C[C@H](CC(=O)N2CCCCC2)O[C@H]1CO. The van der Waals surface area contributed by atoms with E-state index in [9.17, 15) is 19.1 Å². The van der Waals surface area contributed by atoms with Crippen LogP contribution in [0.15, 0.2) is 36.4 Å². The molecule has 3 amide bonds. The summed E-state index contributed by atoms with van der Waals surface area (Å²) in [6, 6.07) is 4.37. The van der Waals surface area contributed by atoms with Crippen molar-refractivity contribution in [3.8, 4) is 0 Å². The number of hydrogen-bond donors (Lipinski definition) is 3. The van der Waals surface area contributed by atoms with Crippen LogP contribution in [-0.2, 0) is 9.53 Å². The summed E-state index contributed by atoms with van der Waals surface area (Å²) in [5, 5.41) is 14.9. The Bertz CT molecular complexity index is 704. The van der Waals surface area contributed by atoms with Gasteiger partial charge in [0.1, 0.15) is 11.9 Å². The van der Waals surface area contributed by atoms with Crippen molar-refractivity contribution in [3.63, 3.8) is 0 Å². The molecule has 8 heteroatoms. The van der Waals surface area contributed by atoms with E-state index in [1.54, 1.807) is 12.2 Å². The maximum Gasteiger partial charge on any atom is 0.319 e. The molecule has 0 aromatic heterocycles. The van der Waals surface area contributed by atoms with Crippen LogP contribution in [0.3, 0.4) is 0 Å². The number of likely N-dealkylation sites (tertiary alicyclic amines) is 1. The number of nitrogens with one attached hydrogen (secondary N) is 2. The van der Waals surface area contributed by atoms with Crippen LogP contribution >= 0.6 is 0 Å². The summed E-state index contributed by atoms with van der Waals surface area (Å²) in [5.74, 6) is -0.341. The molecule has 0 aliphatic carbocycles. The molecule has 3 N–H and O–H groups in total. The van der Waals surface area contributed by atoms with Crippen molar-refractivity contribution in [1.29, 1.82) is 0 Å².